The molecule has 2 heterocycles. The average molecular weight is 396 g/mol. The Morgan fingerprint density at radius 2 is 1.89 bits per heavy atom. The topological polar surface area (TPSA) is 72.7 Å². The highest BCUT2D eigenvalue weighted by atomic mass is 32.2. The molecule has 0 bridgehead atoms. The van der Waals surface area contributed by atoms with Crippen LogP contribution in [0.1, 0.15) is 32.3 Å². The minimum absolute atomic E-state index is 0.0404. The van der Waals surface area contributed by atoms with Gasteiger partial charge in [-0.15, -0.1) is 10.2 Å². The number of para-hydroxylation sites is 1. The Kier molecular flexibility index (Phi) is 7.19. The molecule has 0 saturated heterocycles. The van der Waals surface area contributed by atoms with Crippen molar-refractivity contribution >= 4 is 23.4 Å². The molecule has 1 N–H and O–H groups in total. The van der Waals surface area contributed by atoms with E-state index < -0.39 is 0 Å². The zero-order valence-electron chi connectivity index (χ0n) is 16.3. The standard InChI is InChI=1S/C21H25N5OS/c1-3-5-14-26-20(17-10-12-22-13-11-17)24-25-21(26)28-15-19(27)23-18-9-7-6-8-16(18)4-2/h6-13H,3-5,14-15H2,1-2H3,(H,23,27). The fourth-order valence-corrected chi connectivity index (χ4v) is 3.66. The highest BCUT2D eigenvalue weighted by Crippen LogP contribution is 2.25. The van der Waals surface area contributed by atoms with Crippen molar-refractivity contribution in [1.82, 2.24) is 19.7 Å². The second kappa shape index (κ2) is 10.0. The van der Waals surface area contributed by atoms with Gasteiger partial charge in [0, 0.05) is 30.2 Å². The molecule has 6 nitrogen and oxygen atoms in total. The molecule has 0 aliphatic heterocycles. The number of benzene rings is 1. The summed E-state index contributed by atoms with van der Waals surface area (Å²) in [6.07, 6.45) is 6.48. The third-order valence-corrected chi connectivity index (χ3v) is 5.36. The molecule has 0 radical (unpaired) electrons. The van der Waals surface area contributed by atoms with Crippen LogP contribution in [-0.4, -0.2) is 31.4 Å². The van der Waals surface area contributed by atoms with Crippen LogP contribution in [-0.2, 0) is 17.8 Å². The minimum Gasteiger partial charge on any atom is -0.325 e. The second-order valence-electron chi connectivity index (χ2n) is 6.39. The smallest absolute Gasteiger partial charge is 0.234 e. The fraction of sp³-hybridized carbons (Fsp3) is 0.333. The Hall–Kier alpha value is -2.67. The number of aryl methyl sites for hydroxylation is 1. The SMILES string of the molecule is CCCCn1c(SCC(=O)Nc2ccccc2CC)nnc1-c1ccncc1. The molecule has 28 heavy (non-hydrogen) atoms. The maximum atomic E-state index is 12.5. The lowest BCUT2D eigenvalue weighted by Gasteiger charge is -2.11. The normalized spacial score (nSPS) is 10.8. The Morgan fingerprint density at radius 3 is 2.64 bits per heavy atom. The number of rotatable bonds is 9. The van der Waals surface area contributed by atoms with Crippen molar-refractivity contribution in [1.29, 1.82) is 0 Å². The van der Waals surface area contributed by atoms with Crippen LogP contribution < -0.4 is 5.32 Å². The van der Waals surface area contributed by atoms with Crippen LogP contribution in [0, 0.1) is 0 Å². The molecular weight excluding hydrogens is 370 g/mol. The number of amides is 1. The van der Waals surface area contributed by atoms with E-state index in [1.54, 1.807) is 12.4 Å². The van der Waals surface area contributed by atoms with Crippen LogP contribution in [0.4, 0.5) is 5.69 Å². The van der Waals surface area contributed by atoms with Crippen molar-refractivity contribution in [2.24, 2.45) is 0 Å². The molecular formula is C21H25N5OS. The lowest BCUT2D eigenvalue weighted by atomic mass is 10.1. The second-order valence-corrected chi connectivity index (χ2v) is 7.34. The summed E-state index contributed by atoms with van der Waals surface area (Å²) in [5, 5.41) is 12.5. The van der Waals surface area contributed by atoms with E-state index in [2.05, 4.69) is 38.9 Å². The molecule has 0 saturated carbocycles. The lowest BCUT2D eigenvalue weighted by molar-refractivity contribution is -0.113. The molecule has 146 valence electrons. The molecule has 0 aliphatic carbocycles. The van der Waals surface area contributed by atoms with Gasteiger partial charge in [-0.25, -0.2) is 0 Å². The number of nitrogens with one attached hydrogen (secondary N) is 1. The molecule has 7 heteroatoms. The minimum atomic E-state index is -0.0404. The van der Waals surface area contributed by atoms with E-state index in [4.69, 9.17) is 0 Å². The van der Waals surface area contributed by atoms with E-state index in [-0.39, 0.29) is 5.91 Å². The highest BCUT2D eigenvalue weighted by Gasteiger charge is 2.15. The number of anilines is 1. The first kappa shape index (κ1) is 20.1. The van der Waals surface area contributed by atoms with E-state index in [0.29, 0.717) is 5.75 Å². The molecule has 2 aromatic heterocycles. The fourth-order valence-electron chi connectivity index (χ4n) is 2.89. The Labute approximate surface area is 169 Å². The number of hydrogen-bond donors (Lipinski definition) is 1. The summed E-state index contributed by atoms with van der Waals surface area (Å²) in [5.41, 5.74) is 2.99. The summed E-state index contributed by atoms with van der Waals surface area (Å²) in [6, 6.07) is 11.7. The van der Waals surface area contributed by atoms with Crippen molar-refractivity contribution < 1.29 is 4.79 Å². The van der Waals surface area contributed by atoms with Gasteiger partial charge >= 0.3 is 0 Å². The maximum absolute atomic E-state index is 12.5. The van der Waals surface area contributed by atoms with Crippen LogP contribution in [0.2, 0.25) is 0 Å². The first-order chi connectivity index (χ1) is 13.7. The van der Waals surface area contributed by atoms with Crippen LogP contribution in [0.3, 0.4) is 0 Å². The van der Waals surface area contributed by atoms with Crippen LogP contribution in [0.5, 0.6) is 0 Å². The van der Waals surface area contributed by atoms with Crippen molar-refractivity contribution in [2.45, 2.75) is 44.8 Å². The largest absolute Gasteiger partial charge is 0.325 e. The van der Waals surface area contributed by atoms with Gasteiger partial charge in [-0.2, -0.15) is 0 Å². The molecule has 0 spiro atoms. The van der Waals surface area contributed by atoms with Crippen LogP contribution in [0.25, 0.3) is 11.4 Å². The van der Waals surface area contributed by atoms with Gasteiger partial charge in [0.1, 0.15) is 0 Å². The van der Waals surface area contributed by atoms with Gasteiger partial charge in [-0.1, -0.05) is 50.2 Å². The summed E-state index contributed by atoms with van der Waals surface area (Å²) in [7, 11) is 0. The third-order valence-electron chi connectivity index (χ3n) is 4.40. The first-order valence-corrected chi connectivity index (χ1v) is 10.6. The maximum Gasteiger partial charge on any atom is 0.234 e. The Bertz CT molecular complexity index is 910. The van der Waals surface area contributed by atoms with Crippen LogP contribution >= 0.6 is 11.8 Å². The van der Waals surface area contributed by atoms with Gasteiger partial charge in [0.25, 0.3) is 0 Å². The average Bonchev–Trinajstić information content (AvgIpc) is 3.14. The Morgan fingerprint density at radius 1 is 1.11 bits per heavy atom. The van der Waals surface area contributed by atoms with E-state index in [9.17, 15) is 4.79 Å². The van der Waals surface area contributed by atoms with Crippen molar-refractivity contribution in [3.63, 3.8) is 0 Å². The Balaban J connectivity index is 1.71. The number of carbonyl (C=O) groups excluding carboxylic acids is 1. The lowest BCUT2D eigenvalue weighted by Crippen LogP contribution is -2.16. The van der Waals surface area contributed by atoms with Crippen molar-refractivity contribution in [3.8, 4) is 11.4 Å². The molecule has 1 aromatic carbocycles. The van der Waals surface area contributed by atoms with Gasteiger partial charge in [0.15, 0.2) is 11.0 Å². The van der Waals surface area contributed by atoms with E-state index in [0.717, 1.165) is 53.6 Å². The number of carbonyl (C=O) groups is 1. The van der Waals surface area contributed by atoms with Gasteiger partial charge in [-0.3, -0.25) is 9.78 Å². The molecule has 3 rings (SSSR count). The van der Waals surface area contributed by atoms with E-state index in [1.807, 2.05) is 36.4 Å². The van der Waals surface area contributed by atoms with Crippen molar-refractivity contribution in [3.05, 3.63) is 54.4 Å². The number of hydrogen-bond acceptors (Lipinski definition) is 5. The summed E-state index contributed by atoms with van der Waals surface area (Å²) in [6.45, 7) is 5.06. The number of nitrogens with zero attached hydrogens (tertiary/aromatic N) is 4. The molecule has 0 fully saturated rings. The quantitative estimate of drug-likeness (QED) is 0.543. The monoisotopic (exact) mass is 395 g/mol. The molecule has 1 amide bonds. The summed E-state index contributed by atoms with van der Waals surface area (Å²) < 4.78 is 2.09. The molecule has 0 aliphatic rings. The van der Waals surface area contributed by atoms with E-state index >= 15 is 0 Å². The number of unbranched alkanes of at least 4 members (excludes halogenated alkanes) is 1. The van der Waals surface area contributed by atoms with Gasteiger partial charge < -0.3 is 9.88 Å². The third kappa shape index (κ3) is 4.98. The van der Waals surface area contributed by atoms with Gasteiger partial charge in [-0.05, 0) is 36.6 Å². The summed E-state index contributed by atoms with van der Waals surface area (Å²) in [5.74, 6) is 1.06. The van der Waals surface area contributed by atoms with Gasteiger partial charge in [0.05, 0.1) is 5.75 Å². The number of pyridine rings is 1. The predicted octanol–water partition coefficient (Wildman–Crippen LogP) is 4.43. The van der Waals surface area contributed by atoms with E-state index in [1.165, 1.54) is 11.8 Å². The number of aromatic nitrogens is 4. The molecule has 0 atom stereocenters. The zero-order chi connectivity index (χ0) is 19.8. The van der Waals surface area contributed by atoms with Gasteiger partial charge in [0.2, 0.25) is 5.91 Å². The predicted molar refractivity (Wildman–Crippen MR) is 113 cm³/mol. The first-order valence-electron chi connectivity index (χ1n) is 9.57. The highest BCUT2D eigenvalue weighted by molar-refractivity contribution is 7.99. The van der Waals surface area contributed by atoms with Crippen molar-refractivity contribution in [2.75, 3.05) is 11.1 Å². The van der Waals surface area contributed by atoms with Crippen LogP contribution in [0.15, 0.2) is 53.9 Å². The molecule has 0 unspecified atom stereocenters. The molecule has 3 aromatic rings. The number of thioether (sulfide) groups is 1. The summed E-state index contributed by atoms with van der Waals surface area (Å²) >= 11 is 1.42. The zero-order valence-corrected chi connectivity index (χ0v) is 17.1. The summed E-state index contributed by atoms with van der Waals surface area (Å²) in [4.78, 5) is 16.5.